The molecule has 1 heterocycles. The molecule has 0 aliphatic rings. The molecule has 2 rings (SSSR count). The van der Waals surface area contributed by atoms with Crippen molar-refractivity contribution in [2.24, 2.45) is 0 Å². The summed E-state index contributed by atoms with van der Waals surface area (Å²) in [6.07, 6.45) is 2.79. The number of benzene rings is 1. The number of fused-ring (bicyclic) bond motifs is 1. The van der Waals surface area contributed by atoms with E-state index >= 15 is 0 Å². The molecule has 0 spiro atoms. The monoisotopic (exact) mass is 308 g/mol. The fourth-order valence-corrected chi connectivity index (χ4v) is 2.61. The lowest BCUT2D eigenvalue weighted by atomic mass is 10.1. The summed E-state index contributed by atoms with van der Waals surface area (Å²) in [6, 6.07) is 7.60. The molecule has 0 saturated carbocycles. The molecule has 2 atom stereocenters. The van der Waals surface area contributed by atoms with Crippen LogP contribution in [0.3, 0.4) is 0 Å². The molecule has 0 bridgehead atoms. The molecule has 0 saturated heterocycles. The van der Waals surface area contributed by atoms with Crippen molar-refractivity contribution in [3.8, 4) is 5.75 Å². The van der Waals surface area contributed by atoms with Gasteiger partial charge in [0.25, 0.3) is 0 Å². The number of nitrogens with one attached hydrogen (secondary N) is 1. The third-order valence-electron chi connectivity index (χ3n) is 2.81. The molecule has 1 aromatic carbocycles. The van der Waals surface area contributed by atoms with Gasteiger partial charge >= 0.3 is 0 Å². The number of rotatable bonds is 4. The van der Waals surface area contributed by atoms with E-state index in [4.69, 9.17) is 0 Å². The van der Waals surface area contributed by atoms with E-state index in [0.29, 0.717) is 10.9 Å². The standard InChI is InChI=1S/C14H17BrN2O/c1-9(15)7-10(2)17-14-13-8-12(18)4-3-11(13)5-6-16-14/h3-6,8-10,18H,7H2,1-2H3,(H,16,17). The topological polar surface area (TPSA) is 45.2 Å². The molecule has 0 aliphatic heterocycles. The van der Waals surface area contributed by atoms with Gasteiger partial charge in [0.1, 0.15) is 11.6 Å². The smallest absolute Gasteiger partial charge is 0.134 e. The highest BCUT2D eigenvalue weighted by atomic mass is 79.9. The van der Waals surface area contributed by atoms with Crippen LogP contribution in [0, 0.1) is 0 Å². The Bertz CT molecular complexity index is 542. The van der Waals surface area contributed by atoms with Crippen molar-refractivity contribution in [2.45, 2.75) is 31.1 Å². The van der Waals surface area contributed by atoms with E-state index in [1.165, 1.54) is 0 Å². The summed E-state index contributed by atoms with van der Waals surface area (Å²) in [4.78, 5) is 4.82. The Morgan fingerprint density at radius 3 is 2.83 bits per heavy atom. The first-order valence-corrected chi connectivity index (χ1v) is 6.96. The number of hydrogen-bond donors (Lipinski definition) is 2. The maximum absolute atomic E-state index is 9.57. The Labute approximate surface area is 115 Å². The van der Waals surface area contributed by atoms with Crippen LogP contribution in [0.25, 0.3) is 10.8 Å². The number of anilines is 1. The predicted molar refractivity (Wildman–Crippen MR) is 79.5 cm³/mol. The molecule has 18 heavy (non-hydrogen) atoms. The highest BCUT2D eigenvalue weighted by Gasteiger charge is 2.09. The van der Waals surface area contributed by atoms with Crippen LogP contribution in [0.15, 0.2) is 30.5 Å². The van der Waals surface area contributed by atoms with E-state index in [9.17, 15) is 5.11 Å². The zero-order valence-electron chi connectivity index (χ0n) is 10.5. The van der Waals surface area contributed by atoms with Crippen molar-refractivity contribution in [2.75, 3.05) is 5.32 Å². The van der Waals surface area contributed by atoms with Gasteiger partial charge in [0.15, 0.2) is 0 Å². The molecule has 2 unspecified atom stereocenters. The second kappa shape index (κ2) is 5.57. The first-order chi connectivity index (χ1) is 8.56. The van der Waals surface area contributed by atoms with Gasteiger partial charge in [0, 0.05) is 22.5 Å². The molecule has 4 heteroatoms. The number of aromatic hydroxyl groups is 1. The number of phenols is 1. The van der Waals surface area contributed by atoms with Crippen molar-refractivity contribution < 1.29 is 5.11 Å². The summed E-state index contributed by atoms with van der Waals surface area (Å²) in [5.41, 5.74) is 0. The van der Waals surface area contributed by atoms with E-state index in [1.807, 2.05) is 12.1 Å². The van der Waals surface area contributed by atoms with Gasteiger partial charge in [-0.05, 0) is 36.9 Å². The molecule has 0 aliphatic carbocycles. The predicted octanol–water partition coefficient (Wildman–Crippen LogP) is 3.91. The van der Waals surface area contributed by atoms with Gasteiger partial charge in [0.05, 0.1) is 0 Å². The Hall–Kier alpha value is -1.29. The minimum Gasteiger partial charge on any atom is -0.508 e. The van der Waals surface area contributed by atoms with Crippen LogP contribution in [0.2, 0.25) is 0 Å². The highest BCUT2D eigenvalue weighted by Crippen LogP contribution is 2.26. The number of phenolic OH excluding ortho intramolecular Hbond substituents is 1. The van der Waals surface area contributed by atoms with Gasteiger partial charge in [-0.15, -0.1) is 0 Å². The maximum atomic E-state index is 9.57. The summed E-state index contributed by atoms with van der Waals surface area (Å²) in [6.45, 7) is 4.25. The molecule has 1 aromatic heterocycles. The fourth-order valence-electron chi connectivity index (χ4n) is 2.05. The number of alkyl halides is 1. The van der Waals surface area contributed by atoms with E-state index in [1.54, 1.807) is 18.3 Å². The first kappa shape index (κ1) is 13.1. The second-order valence-electron chi connectivity index (χ2n) is 4.63. The van der Waals surface area contributed by atoms with Crippen LogP contribution >= 0.6 is 15.9 Å². The van der Waals surface area contributed by atoms with Crippen LogP contribution in [0.1, 0.15) is 20.3 Å². The van der Waals surface area contributed by atoms with E-state index in [2.05, 4.69) is 40.1 Å². The largest absolute Gasteiger partial charge is 0.508 e. The highest BCUT2D eigenvalue weighted by molar-refractivity contribution is 9.09. The minimum atomic E-state index is 0.264. The lowest BCUT2D eigenvalue weighted by Gasteiger charge is -2.17. The number of pyridine rings is 1. The molecular formula is C14H17BrN2O. The van der Waals surface area contributed by atoms with E-state index < -0.39 is 0 Å². The molecule has 3 nitrogen and oxygen atoms in total. The Balaban J connectivity index is 2.30. The van der Waals surface area contributed by atoms with Crippen molar-refractivity contribution in [3.63, 3.8) is 0 Å². The van der Waals surface area contributed by atoms with Crippen molar-refractivity contribution in [1.82, 2.24) is 4.98 Å². The first-order valence-electron chi connectivity index (χ1n) is 6.04. The molecular weight excluding hydrogens is 292 g/mol. The van der Waals surface area contributed by atoms with Gasteiger partial charge in [-0.3, -0.25) is 0 Å². The molecule has 0 fully saturated rings. The van der Waals surface area contributed by atoms with Crippen LogP contribution in [-0.4, -0.2) is 21.0 Å². The summed E-state index contributed by atoms with van der Waals surface area (Å²) in [7, 11) is 0. The third-order valence-corrected chi connectivity index (χ3v) is 3.19. The van der Waals surface area contributed by atoms with Crippen molar-refractivity contribution >= 4 is 32.5 Å². The molecule has 2 aromatic rings. The Morgan fingerprint density at radius 2 is 2.11 bits per heavy atom. The van der Waals surface area contributed by atoms with Crippen LogP contribution in [0.4, 0.5) is 5.82 Å². The maximum Gasteiger partial charge on any atom is 0.134 e. The molecule has 96 valence electrons. The molecule has 0 amide bonds. The number of halogens is 1. The lowest BCUT2D eigenvalue weighted by molar-refractivity contribution is 0.476. The Kier molecular flexibility index (Phi) is 4.07. The minimum absolute atomic E-state index is 0.264. The second-order valence-corrected chi connectivity index (χ2v) is 6.19. The van der Waals surface area contributed by atoms with Gasteiger partial charge in [-0.1, -0.05) is 28.9 Å². The van der Waals surface area contributed by atoms with Crippen molar-refractivity contribution in [1.29, 1.82) is 0 Å². The summed E-state index contributed by atoms with van der Waals surface area (Å²) < 4.78 is 0. The normalized spacial score (nSPS) is 14.4. The van der Waals surface area contributed by atoms with Gasteiger partial charge in [-0.25, -0.2) is 4.98 Å². The quantitative estimate of drug-likeness (QED) is 0.842. The Morgan fingerprint density at radius 1 is 1.33 bits per heavy atom. The molecule has 0 radical (unpaired) electrons. The van der Waals surface area contributed by atoms with Crippen LogP contribution in [0.5, 0.6) is 5.75 Å². The SMILES string of the molecule is CC(Br)CC(C)Nc1nccc2ccc(O)cc12. The lowest BCUT2D eigenvalue weighted by Crippen LogP contribution is -2.19. The van der Waals surface area contributed by atoms with Gasteiger partial charge < -0.3 is 10.4 Å². The number of nitrogens with zero attached hydrogens (tertiary/aromatic N) is 1. The number of aromatic nitrogens is 1. The fraction of sp³-hybridized carbons (Fsp3) is 0.357. The van der Waals surface area contributed by atoms with Crippen LogP contribution in [-0.2, 0) is 0 Å². The zero-order chi connectivity index (χ0) is 13.1. The molecule has 2 N–H and O–H groups in total. The van der Waals surface area contributed by atoms with Gasteiger partial charge in [-0.2, -0.15) is 0 Å². The summed E-state index contributed by atoms with van der Waals surface area (Å²) in [5.74, 6) is 1.09. The van der Waals surface area contributed by atoms with Crippen molar-refractivity contribution in [3.05, 3.63) is 30.5 Å². The van der Waals surface area contributed by atoms with E-state index in [0.717, 1.165) is 23.0 Å². The van der Waals surface area contributed by atoms with Crippen LogP contribution < -0.4 is 5.32 Å². The number of hydrogen-bond acceptors (Lipinski definition) is 3. The van der Waals surface area contributed by atoms with E-state index in [-0.39, 0.29) is 5.75 Å². The average molecular weight is 309 g/mol. The summed E-state index contributed by atoms with van der Waals surface area (Å²) in [5, 5.41) is 15.0. The third kappa shape index (κ3) is 3.13. The average Bonchev–Trinajstić information content (AvgIpc) is 2.28. The zero-order valence-corrected chi connectivity index (χ0v) is 12.1. The summed E-state index contributed by atoms with van der Waals surface area (Å²) >= 11 is 3.55. The van der Waals surface area contributed by atoms with Gasteiger partial charge in [0.2, 0.25) is 0 Å².